The lowest BCUT2D eigenvalue weighted by Crippen LogP contribution is -2.33. The van der Waals surface area contributed by atoms with E-state index in [1.807, 2.05) is 6.07 Å². The minimum atomic E-state index is 0.0304. The Morgan fingerprint density at radius 2 is 1.28 bits per heavy atom. The summed E-state index contributed by atoms with van der Waals surface area (Å²) in [6.45, 7) is 4.49. The second-order valence-corrected chi connectivity index (χ2v) is 4.65. The Bertz CT molecular complexity index is 457. The van der Waals surface area contributed by atoms with E-state index >= 15 is 0 Å². The molecule has 0 saturated carbocycles. The molecule has 0 heterocycles. The molecule has 2 aromatic rings. The van der Waals surface area contributed by atoms with E-state index < -0.39 is 0 Å². The van der Waals surface area contributed by atoms with Gasteiger partial charge >= 0.3 is 0 Å². The van der Waals surface area contributed by atoms with Crippen LogP contribution in [0.15, 0.2) is 60.7 Å². The maximum atomic E-state index is 3.71. The van der Waals surface area contributed by atoms with Crippen molar-refractivity contribution >= 4 is 5.69 Å². The summed E-state index contributed by atoms with van der Waals surface area (Å²) in [7, 11) is 0. The summed E-state index contributed by atoms with van der Waals surface area (Å²) in [4.78, 5) is 0. The van der Waals surface area contributed by atoms with Crippen LogP contribution in [0.4, 0.5) is 5.69 Å². The van der Waals surface area contributed by atoms with Crippen molar-refractivity contribution in [2.24, 2.45) is 0 Å². The molecule has 0 saturated heterocycles. The zero-order valence-corrected chi connectivity index (χ0v) is 11.2. The number of hydrogen-bond acceptors (Lipinski definition) is 1. The summed E-state index contributed by atoms with van der Waals surface area (Å²) in [6, 6.07) is 21.2. The molecule has 0 bridgehead atoms. The smallest absolute Gasteiger partial charge is 0.0620 e. The van der Waals surface area contributed by atoms with Crippen molar-refractivity contribution in [1.82, 2.24) is 0 Å². The van der Waals surface area contributed by atoms with Crippen molar-refractivity contribution in [1.29, 1.82) is 0 Å². The SMILES string of the molecule is CCC(CC)(Nc1ccccc1)c1ccccc1. The molecule has 0 amide bonds. The maximum absolute atomic E-state index is 3.71. The molecule has 18 heavy (non-hydrogen) atoms. The number of anilines is 1. The van der Waals surface area contributed by atoms with Crippen LogP contribution in [0.3, 0.4) is 0 Å². The molecule has 0 aliphatic heterocycles. The first-order chi connectivity index (χ1) is 8.80. The summed E-state index contributed by atoms with van der Waals surface area (Å²) in [5.74, 6) is 0. The zero-order chi connectivity index (χ0) is 12.8. The van der Waals surface area contributed by atoms with Crippen LogP contribution in [0.25, 0.3) is 0 Å². The third-order valence-electron chi connectivity index (χ3n) is 3.69. The van der Waals surface area contributed by atoms with Crippen molar-refractivity contribution in [2.45, 2.75) is 32.2 Å². The van der Waals surface area contributed by atoms with Gasteiger partial charge in [0.1, 0.15) is 0 Å². The Labute approximate surface area is 110 Å². The highest BCUT2D eigenvalue weighted by Gasteiger charge is 2.27. The Morgan fingerprint density at radius 1 is 0.778 bits per heavy atom. The van der Waals surface area contributed by atoms with Crippen LogP contribution in [0.5, 0.6) is 0 Å². The molecule has 94 valence electrons. The van der Waals surface area contributed by atoms with E-state index in [2.05, 4.69) is 73.8 Å². The number of para-hydroxylation sites is 1. The number of hydrogen-bond donors (Lipinski definition) is 1. The second-order valence-electron chi connectivity index (χ2n) is 4.65. The lowest BCUT2D eigenvalue weighted by molar-refractivity contribution is 0.455. The first kappa shape index (κ1) is 12.7. The van der Waals surface area contributed by atoms with E-state index in [1.165, 1.54) is 11.3 Å². The zero-order valence-electron chi connectivity index (χ0n) is 11.2. The molecule has 0 fully saturated rings. The Balaban J connectivity index is 2.33. The third-order valence-corrected chi connectivity index (χ3v) is 3.69. The highest BCUT2D eigenvalue weighted by atomic mass is 15.0. The van der Waals surface area contributed by atoms with E-state index in [4.69, 9.17) is 0 Å². The molecule has 0 aliphatic rings. The Hall–Kier alpha value is -1.76. The first-order valence-corrected chi connectivity index (χ1v) is 6.69. The fourth-order valence-electron chi connectivity index (χ4n) is 2.46. The van der Waals surface area contributed by atoms with Crippen molar-refractivity contribution in [2.75, 3.05) is 5.32 Å². The van der Waals surface area contributed by atoms with Gasteiger partial charge in [-0.1, -0.05) is 62.4 Å². The van der Waals surface area contributed by atoms with Gasteiger partial charge in [-0.2, -0.15) is 0 Å². The highest BCUT2D eigenvalue weighted by molar-refractivity contribution is 5.47. The summed E-state index contributed by atoms with van der Waals surface area (Å²) < 4.78 is 0. The molecule has 0 radical (unpaired) electrons. The van der Waals surface area contributed by atoms with Crippen LogP contribution >= 0.6 is 0 Å². The lowest BCUT2D eigenvalue weighted by Gasteiger charge is -2.34. The predicted molar refractivity (Wildman–Crippen MR) is 78.8 cm³/mol. The summed E-state index contributed by atoms with van der Waals surface area (Å²) in [5.41, 5.74) is 2.58. The van der Waals surface area contributed by atoms with E-state index in [9.17, 15) is 0 Å². The molecule has 1 heteroatoms. The second kappa shape index (κ2) is 5.72. The Morgan fingerprint density at radius 3 is 1.78 bits per heavy atom. The van der Waals surface area contributed by atoms with Crippen molar-refractivity contribution in [3.05, 3.63) is 66.2 Å². The highest BCUT2D eigenvalue weighted by Crippen LogP contribution is 2.32. The van der Waals surface area contributed by atoms with Gasteiger partial charge in [0.05, 0.1) is 5.54 Å². The molecule has 1 N–H and O–H groups in total. The summed E-state index contributed by atoms with van der Waals surface area (Å²) in [5, 5.41) is 3.71. The van der Waals surface area contributed by atoms with Crippen molar-refractivity contribution in [3.8, 4) is 0 Å². The monoisotopic (exact) mass is 239 g/mol. The van der Waals surface area contributed by atoms with E-state index in [1.54, 1.807) is 0 Å². The largest absolute Gasteiger partial charge is 0.376 e. The van der Waals surface area contributed by atoms with Crippen LogP contribution in [-0.4, -0.2) is 0 Å². The summed E-state index contributed by atoms with van der Waals surface area (Å²) in [6.07, 6.45) is 2.14. The van der Waals surface area contributed by atoms with Gasteiger partial charge in [0.15, 0.2) is 0 Å². The fraction of sp³-hybridized carbons (Fsp3) is 0.294. The number of nitrogens with one attached hydrogen (secondary N) is 1. The minimum Gasteiger partial charge on any atom is -0.376 e. The van der Waals surface area contributed by atoms with Gasteiger partial charge in [-0.25, -0.2) is 0 Å². The molecule has 1 nitrogen and oxygen atoms in total. The molecular weight excluding hydrogens is 218 g/mol. The number of benzene rings is 2. The predicted octanol–water partition coefficient (Wildman–Crippen LogP) is 4.81. The van der Waals surface area contributed by atoms with Gasteiger partial charge < -0.3 is 5.32 Å². The molecule has 0 aliphatic carbocycles. The van der Waals surface area contributed by atoms with Crippen LogP contribution in [0.1, 0.15) is 32.3 Å². The summed E-state index contributed by atoms with van der Waals surface area (Å²) >= 11 is 0. The topological polar surface area (TPSA) is 12.0 Å². The quantitative estimate of drug-likeness (QED) is 0.789. The maximum Gasteiger partial charge on any atom is 0.0620 e. The minimum absolute atomic E-state index is 0.0304. The normalized spacial score (nSPS) is 11.2. The van der Waals surface area contributed by atoms with Gasteiger partial charge in [0, 0.05) is 5.69 Å². The van der Waals surface area contributed by atoms with Gasteiger partial charge in [-0.3, -0.25) is 0 Å². The van der Waals surface area contributed by atoms with Crippen molar-refractivity contribution in [3.63, 3.8) is 0 Å². The van der Waals surface area contributed by atoms with Gasteiger partial charge in [0.2, 0.25) is 0 Å². The molecule has 0 spiro atoms. The van der Waals surface area contributed by atoms with Crippen LogP contribution in [0, 0.1) is 0 Å². The van der Waals surface area contributed by atoms with Gasteiger partial charge in [0.25, 0.3) is 0 Å². The van der Waals surface area contributed by atoms with Crippen LogP contribution in [-0.2, 0) is 5.54 Å². The molecule has 0 aromatic heterocycles. The van der Waals surface area contributed by atoms with Gasteiger partial charge in [-0.05, 0) is 30.5 Å². The Kier molecular flexibility index (Phi) is 4.03. The van der Waals surface area contributed by atoms with Crippen molar-refractivity contribution < 1.29 is 0 Å². The van der Waals surface area contributed by atoms with Crippen LogP contribution in [0.2, 0.25) is 0 Å². The van der Waals surface area contributed by atoms with E-state index in [-0.39, 0.29) is 5.54 Å². The molecule has 2 rings (SSSR count). The average Bonchev–Trinajstić information content (AvgIpc) is 2.47. The fourth-order valence-corrected chi connectivity index (χ4v) is 2.46. The standard InChI is InChI=1S/C17H21N/c1-3-17(4-2,15-11-7-5-8-12-15)18-16-13-9-6-10-14-16/h5-14,18H,3-4H2,1-2H3. The molecular formula is C17H21N. The molecule has 2 aromatic carbocycles. The van der Waals surface area contributed by atoms with E-state index in [0.717, 1.165) is 12.8 Å². The number of rotatable bonds is 5. The van der Waals surface area contributed by atoms with Crippen LogP contribution < -0.4 is 5.32 Å². The average molecular weight is 239 g/mol. The van der Waals surface area contributed by atoms with Gasteiger partial charge in [-0.15, -0.1) is 0 Å². The van der Waals surface area contributed by atoms with E-state index in [0.29, 0.717) is 0 Å². The molecule has 0 atom stereocenters. The first-order valence-electron chi connectivity index (χ1n) is 6.69. The molecule has 0 unspecified atom stereocenters. The lowest BCUT2D eigenvalue weighted by atomic mass is 9.84. The third kappa shape index (κ3) is 2.56.